The molecule has 2 atom stereocenters. The molecule has 7 heteroatoms. The highest BCUT2D eigenvalue weighted by molar-refractivity contribution is 5.82. The maximum Gasteiger partial charge on any atom is 0.237 e. The van der Waals surface area contributed by atoms with Crippen molar-refractivity contribution in [2.45, 2.75) is 38.8 Å². The van der Waals surface area contributed by atoms with E-state index in [1.165, 1.54) is 12.1 Å². The average molecular weight is 422 g/mol. The molecule has 0 saturated carbocycles. The number of morpholine rings is 2. The van der Waals surface area contributed by atoms with Gasteiger partial charge in [0, 0.05) is 32.7 Å². The molecule has 2 aliphatic heterocycles. The third kappa shape index (κ3) is 6.00. The maximum absolute atomic E-state index is 13.5. The minimum Gasteiger partial charge on any atom is -0.379 e. The van der Waals surface area contributed by atoms with Crippen LogP contribution < -0.4 is 5.32 Å². The van der Waals surface area contributed by atoms with Crippen LogP contribution >= 0.6 is 0 Å². The highest BCUT2D eigenvalue weighted by Gasteiger charge is 2.33. The summed E-state index contributed by atoms with van der Waals surface area (Å²) in [6, 6.07) is 6.49. The first-order chi connectivity index (χ1) is 14.6. The lowest BCUT2D eigenvalue weighted by molar-refractivity contribution is -0.131. The van der Waals surface area contributed by atoms with Crippen LogP contribution in [0.15, 0.2) is 24.3 Å². The minimum absolute atomic E-state index is 0.00509. The van der Waals surface area contributed by atoms with Gasteiger partial charge in [-0.15, -0.1) is 0 Å². The zero-order chi connectivity index (χ0) is 21.3. The fraction of sp³-hybridized carbons (Fsp3) is 0.696. The first-order valence-corrected chi connectivity index (χ1v) is 11.3. The molecule has 0 aromatic heterocycles. The van der Waals surface area contributed by atoms with Gasteiger partial charge in [0.15, 0.2) is 0 Å². The molecular formula is C23H36FN3O3. The van der Waals surface area contributed by atoms with E-state index in [2.05, 4.69) is 29.0 Å². The summed E-state index contributed by atoms with van der Waals surface area (Å²) < 4.78 is 24.5. The second-order valence-corrected chi connectivity index (χ2v) is 8.13. The van der Waals surface area contributed by atoms with Gasteiger partial charge in [0.2, 0.25) is 5.91 Å². The van der Waals surface area contributed by atoms with Gasteiger partial charge in [0.05, 0.1) is 38.5 Å². The van der Waals surface area contributed by atoms with Crippen molar-refractivity contribution in [1.29, 1.82) is 0 Å². The Bertz CT molecular complexity index is 642. The van der Waals surface area contributed by atoms with Crippen molar-refractivity contribution in [3.8, 4) is 0 Å². The Morgan fingerprint density at radius 3 is 2.03 bits per heavy atom. The number of nitrogens with zero attached hydrogens (tertiary/aromatic N) is 2. The van der Waals surface area contributed by atoms with E-state index in [1.807, 2.05) is 12.1 Å². The van der Waals surface area contributed by atoms with E-state index in [9.17, 15) is 9.18 Å². The Morgan fingerprint density at radius 1 is 0.967 bits per heavy atom. The predicted molar refractivity (Wildman–Crippen MR) is 115 cm³/mol. The van der Waals surface area contributed by atoms with Crippen molar-refractivity contribution in [1.82, 2.24) is 15.1 Å². The van der Waals surface area contributed by atoms with Crippen molar-refractivity contribution in [2.75, 3.05) is 59.2 Å². The fourth-order valence-electron chi connectivity index (χ4n) is 4.60. The van der Waals surface area contributed by atoms with Crippen LogP contribution in [0.3, 0.4) is 0 Å². The Labute approximate surface area is 179 Å². The number of benzene rings is 1. The molecule has 2 saturated heterocycles. The molecule has 1 aromatic rings. The van der Waals surface area contributed by atoms with E-state index in [0.717, 1.165) is 44.6 Å². The van der Waals surface area contributed by atoms with Crippen LogP contribution in [0.4, 0.5) is 4.39 Å². The average Bonchev–Trinajstić information content (AvgIpc) is 2.79. The molecule has 2 aliphatic rings. The first kappa shape index (κ1) is 23.1. The van der Waals surface area contributed by atoms with Gasteiger partial charge in [0.1, 0.15) is 5.82 Å². The summed E-state index contributed by atoms with van der Waals surface area (Å²) in [6.07, 6.45) is 1.94. The van der Waals surface area contributed by atoms with Crippen LogP contribution in [-0.2, 0) is 14.3 Å². The lowest BCUT2D eigenvalue weighted by Crippen LogP contribution is -2.55. The summed E-state index contributed by atoms with van der Waals surface area (Å²) >= 11 is 0. The van der Waals surface area contributed by atoms with Gasteiger partial charge in [-0.1, -0.05) is 38.8 Å². The van der Waals surface area contributed by atoms with Crippen LogP contribution in [0, 0.1) is 11.7 Å². The van der Waals surface area contributed by atoms with E-state index >= 15 is 0 Å². The number of carbonyl (C=O) groups is 1. The van der Waals surface area contributed by atoms with Crippen LogP contribution in [0.2, 0.25) is 0 Å². The van der Waals surface area contributed by atoms with Crippen LogP contribution in [0.1, 0.15) is 38.3 Å². The molecule has 0 spiro atoms. The molecule has 0 radical (unpaired) electrons. The largest absolute Gasteiger partial charge is 0.379 e. The normalized spacial score (nSPS) is 20.8. The van der Waals surface area contributed by atoms with Crippen LogP contribution in [0.5, 0.6) is 0 Å². The van der Waals surface area contributed by atoms with Crippen molar-refractivity contribution in [2.24, 2.45) is 5.92 Å². The number of ether oxygens (including phenoxy) is 2. The van der Waals surface area contributed by atoms with Crippen molar-refractivity contribution < 1.29 is 18.7 Å². The summed E-state index contributed by atoms with van der Waals surface area (Å²) in [7, 11) is 0. The molecule has 0 unspecified atom stereocenters. The van der Waals surface area contributed by atoms with Crippen LogP contribution in [0.25, 0.3) is 0 Å². The third-order valence-electron chi connectivity index (χ3n) is 6.41. The number of nitrogens with one attached hydrogen (secondary N) is 1. The lowest BCUT2D eigenvalue weighted by Gasteiger charge is -2.39. The topological polar surface area (TPSA) is 54.0 Å². The summed E-state index contributed by atoms with van der Waals surface area (Å²) in [5.41, 5.74) is 1.02. The van der Waals surface area contributed by atoms with Crippen molar-refractivity contribution >= 4 is 5.91 Å². The molecule has 1 N–H and O–H groups in total. The molecule has 2 fully saturated rings. The zero-order valence-electron chi connectivity index (χ0n) is 18.3. The van der Waals surface area contributed by atoms with E-state index in [1.54, 1.807) is 0 Å². The summed E-state index contributed by atoms with van der Waals surface area (Å²) in [5.74, 6) is 0.159. The van der Waals surface area contributed by atoms with Crippen LogP contribution in [-0.4, -0.2) is 80.9 Å². The fourth-order valence-corrected chi connectivity index (χ4v) is 4.60. The molecule has 0 aliphatic carbocycles. The molecule has 1 amide bonds. The van der Waals surface area contributed by atoms with Gasteiger partial charge in [0.25, 0.3) is 0 Å². The standard InChI is InChI=1S/C23H36FN3O3/c1-3-18(4-2)22(27-11-15-30-16-12-27)23(28)25-17-21(26-9-13-29-14-10-26)19-5-7-20(24)8-6-19/h5-8,18,21-22H,3-4,9-17H2,1-2H3,(H,25,28)/t21-,22-/m1/s1. The number of halogens is 1. The molecule has 3 rings (SSSR count). The number of carbonyl (C=O) groups excluding carboxylic acids is 1. The number of amides is 1. The van der Waals surface area contributed by atoms with E-state index in [0.29, 0.717) is 38.9 Å². The Kier molecular flexibility index (Phi) is 9.05. The van der Waals surface area contributed by atoms with E-state index in [-0.39, 0.29) is 23.8 Å². The molecule has 1 aromatic carbocycles. The summed E-state index contributed by atoms with van der Waals surface area (Å²) in [4.78, 5) is 18.0. The maximum atomic E-state index is 13.5. The first-order valence-electron chi connectivity index (χ1n) is 11.3. The second-order valence-electron chi connectivity index (χ2n) is 8.13. The highest BCUT2D eigenvalue weighted by Crippen LogP contribution is 2.24. The van der Waals surface area contributed by atoms with Crippen molar-refractivity contribution in [3.05, 3.63) is 35.6 Å². The quantitative estimate of drug-likeness (QED) is 0.664. The third-order valence-corrected chi connectivity index (χ3v) is 6.41. The smallest absolute Gasteiger partial charge is 0.237 e. The molecule has 2 heterocycles. The molecule has 6 nitrogen and oxygen atoms in total. The summed E-state index contributed by atoms with van der Waals surface area (Å²) in [5, 5.41) is 3.24. The molecule has 0 bridgehead atoms. The molecule has 168 valence electrons. The van der Waals surface area contributed by atoms with E-state index < -0.39 is 0 Å². The molecular weight excluding hydrogens is 385 g/mol. The monoisotopic (exact) mass is 421 g/mol. The number of hydrogen-bond acceptors (Lipinski definition) is 5. The SMILES string of the molecule is CCC(CC)[C@H](C(=O)NC[C@H](c1ccc(F)cc1)N1CCOCC1)N1CCOCC1. The highest BCUT2D eigenvalue weighted by atomic mass is 19.1. The van der Waals surface area contributed by atoms with Gasteiger partial charge in [-0.3, -0.25) is 14.6 Å². The minimum atomic E-state index is -0.246. The Hall–Kier alpha value is -1.54. The van der Waals surface area contributed by atoms with Crippen molar-refractivity contribution in [3.63, 3.8) is 0 Å². The zero-order valence-corrected chi connectivity index (χ0v) is 18.3. The van der Waals surface area contributed by atoms with E-state index in [4.69, 9.17) is 9.47 Å². The Balaban J connectivity index is 1.72. The number of hydrogen-bond donors (Lipinski definition) is 1. The van der Waals surface area contributed by atoms with Gasteiger partial charge in [-0.2, -0.15) is 0 Å². The van der Waals surface area contributed by atoms with Gasteiger partial charge >= 0.3 is 0 Å². The predicted octanol–water partition coefficient (Wildman–Crippen LogP) is 2.45. The van der Waals surface area contributed by atoms with Gasteiger partial charge in [-0.25, -0.2) is 4.39 Å². The summed E-state index contributed by atoms with van der Waals surface area (Å²) in [6.45, 7) is 10.7. The Morgan fingerprint density at radius 2 is 1.50 bits per heavy atom. The second kappa shape index (κ2) is 11.7. The van der Waals surface area contributed by atoms with Gasteiger partial charge in [-0.05, 0) is 23.6 Å². The number of rotatable bonds is 9. The lowest BCUT2D eigenvalue weighted by atomic mass is 9.91. The molecule has 30 heavy (non-hydrogen) atoms. The van der Waals surface area contributed by atoms with Gasteiger partial charge < -0.3 is 14.8 Å².